The van der Waals surface area contributed by atoms with Gasteiger partial charge in [0.15, 0.2) is 0 Å². The Hall–Kier alpha value is -3.55. The summed E-state index contributed by atoms with van der Waals surface area (Å²) in [4.78, 5) is 25.7. The molecule has 0 spiro atoms. The third-order valence-electron chi connectivity index (χ3n) is 4.68. The number of esters is 1. The van der Waals surface area contributed by atoms with Crippen molar-refractivity contribution in [3.8, 4) is 11.4 Å². The van der Waals surface area contributed by atoms with Crippen LogP contribution in [0, 0.1) is 0 Å². The zero-order chi connectivity index (χ0) is 21.5. The van der Waals surface area contributed by atoms with Crippen molar-refractivity contribution in [2.75, 3.05) is 7.11 Å². The number of methoxy groups -OCH3 is 1. The molecule has 0 saturated carbocycles. The molecule has 8 nitrogen and oxygen atoms in total. The predicted molar refractivity (Wildman–Crippen MR) is 111 cm³/mol. The number of carbonyl (C=O) groups is 2. The van der Waals surface area contributed by atoms with E-state index in [1.165, 1.54) is 17.5 Å². The SMILES string of the molecule is COC(=O)[C@@H](Cc1ccccc1)NC(=O)Cn1nnc(-c2ccc(C(C)C)cc2)n1. The summed E-state index contributed by atoms with van der Waals surface area (Å²) in [5.74, 6) is -0.0398. The Kier molecular flexibility index (Phi) is 6.90. The van der Waals surface area contributed by atoms with Gasteiger partial charge in [-0.15, -0.1) is 10.2 Å². The number of tetrazole rings is 1. The second-order valence-corrected chi connectivity index (χ2v) is 7.25. The maximum Gasteiger partial charge on any atom is 0.328 e. The van der Waals surface area contributed by atoms with Gasteiger partial charge in [-0.1, -0.05) is 68.4 Å². The first-order valence-electron chi connectivity index (χ1n) is 9.75. The van der Waals surface area contributed by atoms with Crippen LogP contribution in [-0.4, -0.2) is 45.2 Å². The van der Waals surface area contributed by atoms with Crippen LogP contribution in [0.1, 0.15) is 30.9 Å². The second kappa shape index (κ2) is 9.78. The molecule has 2 aromatic carbocycles. The molecule has 0 aliphatic rings. The Morgan fingerprint density at radius 1 is 1.07 bits per heavy atom. The molecule has 1 amide bonds. The third-order valence-corrected chi connectivity index (χ3v) is 4.68. The number of ether oxygens (including phenoxy) is 1. The molecule has 0 unspecified atom stereocenters. The van der Waals surface area contributed by atoms with Gasteiger partial charge in [0.05, 0.1) is 7.11 Å². The molecule has 0 fully saturated rings. The van der Waals surface area contributed by atoms with E-state index in [1.54, 1.807) is 0 Å². The van der Waals surface area contributed by atoms with E-state index < -0.39 is 17.9 Å². The van der Waals surface area contributed by atoms with Crippen LogP contribution in [0.2, 0.25) is 0 Å². The highest BCUT2D eigenvalue weighted by atomic mass is 16.5. The van der Waals surface area contributed by atoms with E-state index in [0.717, 1.165) is 11.1 Å². The van der Waals surface area contributed by atoms with Crippen molar-refractivity contribution in [1.82, 2.24) is 25.5 Å². The Bertz CT molecular complexity index is 984. The van der Waals surface area contributed by atoms with E-state index in [-0.39, 0.29) is 6.54 Å². The van der Waals surface area contributed by atoms with E-state index in [9.17, 15) is 9.59 Å². The van der Waals surface area contributed by atoms with Crippen molar-refractivity contribution in [2.24, 2.45) is 0 Å². The molecule has 1 aromatic heterocycles. The summed E-state index contributed by atoms with van der Waals surface area (Å²) in [6.07, 6.45) is 0.331. The lowest BCUT2D eigenvalue weighted by atomic mass is 10.0. The number of hydrogen-bond acceptors (Lipinski definition) is 6. The lowest BCUT2D eigenvalue weighted by Gasteiger charge is -2.16. The first-order valence-corrected chi connectivity index (χ1v) is 9.75. The fourth-order valence-electron chi connectivity index (χ4n) is 3.00. The number of benzene rings is 2. The van der Waals surface area contributed by atoms with Crippen molar-refractivity contribution in [2.45, 2.75) is 38.8 Å². The molecule has 1 heterocycles. The molecule has 156 valence electrons. The summed E-state index contributed by atoms with van der Waals surface area (Å²) in [5.41, 5.74) is 2.96. The minimum atomic E-state index is -0.795. The largest absolute Gasteiger partial charge is 0.467 e. The summed E-state index contributed by atoms with van der Waals surface area (Å²) in [6, 6.07) is 16.5. The fourth-order valence-corrected chi connectivity index (χ4v) is 3.00. The van der Waals surface area contributed by atoms with Crippen LogP contribution in [-0.2, 0) is 27.3 Å². The number of amides is 1. The normalized spacial score (nSPS) is 11.9. The number of aromatic nitrogens is 4. The van der Waals surface area contributed by atoms with E-state index in [1.807, 2.05) is 54.6 Å². The number of rotatable bonds is 8. The average Bonchev–Trinajstić information content (AvgIpc) is 3.21. The topological polar surface area (TPSA) is 99.0 Å². The molecule has 1 N–H and O–H groups in total. The highest BCUT2D eigenvalue weighted by molar-refractivity contribution is 5.84. The van der Waals surface area contributed by atoms with Gasteiger partial charge in [-0.05, 0) is 22.3 Å². The first kappa shape index (κ1) is 21.2. The molecule has 0 saturated heterocycles. The minimum absolute atomic E-state index is 0.153. The third kappa shape index (κ3) is 5.50. The Labute approximate surface area is 175 Å². The van der Waals surface area contributed by atoms with Crippen LogP contribution in [0.25, 0.3) is 11.4 Å². The van der Waals surface area contributed by atoms with Gasteiger partial charge < -0.3 is 10.1 Å². The summed E-state index contributed by atoms with van der Waals surface area (Å²) < 4.78 is 4.82. The molecule has 8 heteroatoms. The molecule has 30 heavy (non-hydrogen) atoms. The van der Waals surface area contributed by atoms with Gasteiger partial charge in [-0.25, -0.2) is 4.79 Å². The van der Waals surface area contributed by atoms with Crippen molar-refractivity contribution >= 4 is 11.9 Å². The fraction of sp³-hybridized carbons (Fsp3) is 0.318. The molecule has 0 bridgehead atoms. The van der Waals surface area contributed by atoms with Crippen LogP contribution in [0.15, 0.2) is 54.6 Å². The van der Waals surface area contributed by atoms with Crippen LogP contribution in [0.5, 0.6) is 0 Å². The number of carbonyl (C=O) groups excluding carboxylic acids is 2. The van der Waals surface area contributed by atoms with Crippen molar-refractivity contribution in [1.29, 1.82) is 0 Å². The lowest BCUT2D eigenvalue weighted by molar-refractivity contribution is -0.145. The van der Waals surface area contributed by atoms with Gasteiger partial charge in [0.1, 0.15) is 12.6 Å². The van der Waals surface area contributed by atoms with Crippen LogP contribution < -0.4 is 5.32 Å². The summed E-state index contributed by atoms with van der Waals surface area (Å²) >= 11 is 0. The number of nitrogens with zero attached hydrogens (tertiary/aromatic N) is 4. The number of nitrogens with one attached hydrogen (secondary N) is 1. The average molecular weight is 407 g/mol. The highest BCUT2D eigenvalue weighted by Crippen LogP contribution is 2.19. The van der Waals surface area contributed by atoms with Crippen molar-refractivity contribution in [3.63, 3.8) is 0 Å². The monoisotopic (exact) mass is 407 g/mol. The lowest BCUT2D eigenvalue weighted by Crippen LogP contribution is -2.44. The molecule has 0 aliphatic carbocycles. The van der Waals surface area contributed by atoms with Gasteiger partial charge in [0, 0.05) is 12.0 Å². The van der Waals surface area contributed by atoms with Crippen molar-refractivity contribution < 1.29 is 14.3 Å². The smallest absolute Gasteiger partial charge is 0.328 e. The molecule has 0 aliphatic heterocycles. The van der Waals surface area contributed by atoms with Crippen LogP contribution in [0.4, 0.5) is 0 Å². The second-order valence-electron chi connectivity index (χ2n) is 7.25. The van der Waals surface area contributed by atoms with E-state index in [0.29, 0.717) is 18.2 Å². The molecule has 0 radical (unpaired) electrons. The van der Waals surface area contributed by atoms with Gasteiger partial charge in [0.2, 0.25) is 11.7 Å². The molecular formula is C22H25N5O3. The van der Waals surface area contributed by atoms with E-state index >= 15 is 0 Å². The molecule has 1 atom stereocenters. The Balaban J connectivity index is 1.64. The summed E-state index contributed by atoms with van der Waals surface area (Å²) in [5, 5.41) is 14.9. The van der Waals surface area contributed by atoms with Gasteiger partial charge in [-0.2, -0.15) is 4.80 Å². The predicted octanol–water partition coefficient (Wildman–Crippen LogP) is 2.36. The minimum Gasteiger partial charge on any atom is -0.467 e. The zero-order valence-corrected chi connectivity index (χ0v) is 17.3. The summed E-state index contributed by atoms with van der Waals surface area (Å²) in [7, 11) is 1.29. The van der Waals surface area contributed by atoms with Crippen LogP contribution >= 0.6 is 0 Å². The van der Waals surface area contributed by atoms with Gasteiger partial charge in [0.25, 0.3) is 0 Å². The first-order chi connectivity index (χ1) is 14.5. The van der Waals surface area contributed by atoms with Gasteiger partial charge >= 0.3 is 5.97 Å². The van der Waals surface area contributed by atoms with E-state index in [2.05, 4.69) is 34.6 Å². The van der Waals surface area contributed by atoms with Gasteiger partial charge in [-0.3, -0.25) is 4.79 Å². The maximum absolute atomic E-state index is 12.5. The van der Waals surface area contributed by atoms with Crippen molar-refractivity contribution in [3.05, 3.63) is 65.7 Å². The molecule has 3 rings (SSSR count). The number of hydrogen-bond donors (Lipinski definition) is 1. The zero-order valence-electron chi connectivity index (χ0n) is 17.3. The maximum atomic E-state index is 12.5. The molecular weight excluding hydrogens is 382 g/mol. The Morgan fingerprint density at radius 3 is 2.40 bits per heavy atom. The Morgan fingerprint density at radius 2 is 1.77 bits per heavy atom. The van der Waals surface area contributed by atoms with Crippen LogP contribution in [0.3, 0.4) is 0 Å². The standard InChI is InChI=1S/C22H25N5O3/c1-15(2)17-9-11-18(12-10-17)21-24-26-27(25-21)14-20(28)23-19(22(29)30-3)13-16-7-5-4-6-8-16/h4-12,15,19H,13-14H2,1-3H3,(H,23,28)/t19-/m1/s1. The van der Waals surface area contributed by atoms with E-state index in [4.69, 9.17) is 4.74 Å². The highest BCUT2D eigenvalue weighted by Gasteiger charge is 2.22. The molecule has 3 aromatic rings. The quantitative estimate of drug-likeness (QED) is 0.576. The summed E-state index contributed by atoms with van der Waals surface area (Å²) in [6.45, 7) is 4.10.